The molecule has 1 aliphatic rings. The third-order valence-corrected chi connectivity index (χ3v) is 4.75. The summed E-state index contributed by atoms with van der Waals surface area (Å²) in [6, 6.07) is 15.6. The van der Waals surface area contributed by atoms with Gasteiger partial charge in [-0.2, -0.15) is 0 Å². The summed E-state index contributed by atoms with van der Waals surface area (Å²) in [4.78, 5) is 0. The van der Waals surface area contributed by atoms with Crippen LogP contribution in [0.15, 0.2) is 42.5 Å². The molecule has 0 bridgehead atoms. The molecule has 0 amide bonds. The van der Waals surface area contributed by atoms with Crippen molar-refractivity contribution < 1.29 is 0 Å². The van der Waals surface area contributed by atoms with Gasteiger partial charge in [0.25, 0.3) is 0 Å². The lowest BCUT2D eigenvalue weighted by molar-refractivity contribution is 1.28. The summed E-state index contributed by atoms with van der Waals surface area (Å²) in [5, 5.41) is 1.64. The first-order valence-electron chi connectivity index (χ1n) is 5.59. The molecule has 2 aromatic rings. The maximum absolute atomic E-state index is 2.37. The second kappa shape index (κ2) is 3.35. The Balaban J connectivity index is 2.26. The maximum Gasteiger partial charge on any atom is 0.0521 e. The van der Waals surface area contributed by atoms with E-state index in [9.17, 15) is 0 Å². The third kappa shape index (κ3) is 1.27. The number of benzene rings is 2. The third-order valence-electron chi connectivity index (χ3n) is 3.33. The van der Waals surface area contributed by atoms with Crippen molar-refractivity contribution in [2.45, 2.75) is 13.0 Å². The number of hydrogen-bond donors (Lipinski definition) is 0. The van der Waals surface area contributed by atoms with E-state index in [0.717, 1.165) is 6.42 Å². The van der Waals surface area contributed by atoms with Gasteiger partial charge in [0.05, 0.1) is 9.52 Å². The van der Waals surface area contributed by atoms with E-state index in [1.165, 1.54) is 16.7 Å². The minimum Gasteiger partial charge on any atom is -0.0708 e. The molecule has 0 atom stereocenters. The number of hydrogen-bond acceptors (Lipinski definition) is 0. The van der Waals surface area contributed by atoms with E-state index < -0.39 is 0 Å². The van der Waals surface area contributed by atoms with Crippen LogP contribution in [0.25, 0.3) is 11.1 Å². The van der Waals surface area contributed by atoms with Gasteiger partial charge in [-0.15, -0.1) is 0 Å². The van der Waals surface area contributed by atoms with Crippen LogP contribution in [-0.4, -0.2) is 9.52 Å². The highest BCUT2D eigenvalue weighted by Crippen LogP contribution is 2.34. The summed E-state index contributed by atoms with van der Waals surface area (Å²) in [6.07, 6.45) is 1.16. The fourth-order valence-corrected chi connectivity index (χ4v) is 3.67. The molecule has 0 saturated heterocycles. The Labute approximate surface area is 92.8 Å². The van der Waals surface area contributed by atoms with E-state index >= 15 is 0 Å². The van der Waals surface area contributed by atoms with E-state index in [0.29, 0.717) is 0 Å². The Morgan fingerprint density at radius 2 is 1.73 bits per heavy atom. The van der Waals surface area contributed by atoms with Crippen LogP contribution in [0.4, 0.5) is 0 Å². The summed E-state index contributed by atoms with van der Waals surface area (Å²) in [5.74, 6) is 0. The molecule has 0 nitrogen and oxygen atoms in total. The van der Waals surface area contributed by atoms with Crippen LogP contribution >= 0.6 is 0 Å². The summed E-state index contributed by atoms with van der Waals surface area (Å²) in [5.41, 5.74) is 6.05. The first-order chi connectivity index (χ1) is 7.40. The molecule has 0 aromatic heterocycles. The maximum atomic E-state index is 2.37. The highest BCUT2D eigenvalue weighted by molar-refractivity contribution is 6.52. The van der Waals surface area contributed by atoms with Gasteiger partial charge in [0, 0.05) is 0 Å². The predicted octanol–water partition coefficient (Wildman–Crippen LogP) is 2.10. The van der Waals surface area contributed by atoms with Gasteiger partial charge in [0.15, 0.2) is 0 Å². The monoisotopic (exact) mass is 210 g/mol. The summed E-state index contributed by atoms with van der Waals surface area (Å²) in [6.45, 7) is 2.37. The fourth-order valence-electron chi connectivity index (χ4n) is 2.55. The normalized spacial score (nSPS) is 13.1. The van der Waals surface area contributed by atoms with Crippen molar-refractivity contribution >= 4 is 14.7 Å². The van der Waals surface area contributed by atoms with E-state index in [4.69, 9.17) is 0 Å². The first kappa shape index (κ1) is 8.92. The first-order valence-corrected chi connectivity index (χ1v) is 7.71. The minimum atomic E-state index is -0.0451. The Hall–Kier alpha value is -1.34. The second-order valence-electron chi connectivity index (χ2n) is 4.13. The van der Waals surface area contributed by atoms with Gasteiger partial charge in [-0.05, 0) is 28.7 Å². The van der Waals surface area contributed by atoms with Crippen LogP contribution in [0.3, 0.4) is 0 Å². The zero-order chi connectivity index (χ0) is 10.3. The van der Waals surface area contributed by atoms with Gasteiger partial charge >= 0.3 is 0 Å². The molecule has 15 heavy (non-hydrogen) atoms. The highest BCUT2D eigenvalue weighted by atomic mass is 28.2. The molecule has 0 heterocycles. The van der Waals surface area contributed by atoms with Crippen LogP contribution in [0.2, 0.25) is 6.55 Å². The van der Waals surface area contributed by atoms with Gasteiger partial charge in [0.2, 0.25) is 0 Å². The van der Waals surface area contributed by atoms with E-state index in [-0.39, 0.29) is 9.52 Å². The highest BCUT2D eigenvalue weighted by Gasteiger charge is 2.18. The average molecular weight is 210 g/mol. The van der Waals surface area contributed by atoms with Crippen molar-refractivity contribution in [1.29, 1.82) is 0 Å². The molecule has 3 rings (SSSR count). The molecule has 0 aliphatic heterocycles. The minimum absolute atomic E-state index is 0.0451. The summed E-state index contributed by atoms with van der Waals surface area (Å²) >= 11 is 0. The predicted molar refractivity (Wildman–Crippen MR) is 68.7 cm³/mol. The van der Waals surface area contributed by atoms with Gasteiger partial charge < -0.3 is 0 Å². The molecule has 1 heteroatoms. The quantitative estimate of drug-likeness (QED) is 0.540. The zero-order valence-corrected chi connectivity index (χ0v) is 10.4. The molecule has 0 N–H and O–H groups in total. The average Bonchev–Trinajstić information content (AvgIpc) is 2.67. The molecule has 1 aliphatic carbocycles. The summed E-state index contributed by atoms with van der Waals surface area (Å²) < 4.78 is 0. The topological polar surface area (TPSA) is 0 Å². The molecule has 0 radical (unpaired) electrons. The molecule has 0 fully saturated rings. The smallest absolute Gasteiger partial charge is 0.0521 e. The van der Waals surface area contributed by atoms with Crippen molar-refractivity contribution in [1.82, 2.24) is 0 Å². The van der Waals surface area contributed by atoms with Gasteiger partial charge in [-0.25, -0.2) is 0 Å². The largest absolute Gasteiger partial charge is 0.0708 e. The Morgan fingerprint density at radius 1 is 0.933 bits per heavy atom. The van der Waals surface area contributed by atoms with Crippen molar-refractivity contribution in [3.05, 3.63) is 53.6 Å². The number of fused-ring (bicyclic) bond motifs is 3. The van der Waals surface area contributed by atoms with Crippen molar-refractivity contribution in [2.24, 2.45) is 0 Å². The van der Waals surface area contributed by atoms with Crippen molar-refractivity contribution in [3.63, 3.8) is 0 Å². The number of rotatable bonds is 1. The van der Waals surface area contributed by atoms with Gasteiger partial charge in [0.1, 0.15) is 0 Å². The molecule has 0 saturated carbocycles. The van der Waals surface area contributed by atoms with E-state index in [1.807, 2.05) is 0 Å². The lowest BCUT2D eigenvalue weighted by Gasteiger charge is -2.05. The Bertz CT molecular complexity index is 514. The van der Waals surface area contributed by atoms with Crippen LogP contribution in [0, 0.1) is 0 Å². The Kier molecular flexibility index (Phi) is 1.99. The van der Waals surface area contributed by atoms with Gasteiger partial charge in [-0.1, -0.05) is 54.2 Å². The van der Waals surface area contributed by atoms with Crippen molar-refractivity contribution in [3.8, 4) is 11.1 Å². The molecular formula is C14H14Si. The zero-order valence-electron chi connectivity index (χ0n) is 8.96. The van der Waals surface area contributed by atoms with E-state index in [1.54, 1.807) is 10.8 Å². The van der Waals surface area contributed by atoms with Crippen LogP contribution in [0.5, 0.6) is 0 Å². The van der Waals surface area contributed by atoms with Crippen LogP contribution in [0.1, 0.15) is 11.1 Å². The lowest BCUT2D eigenvalue weighted by Crippen LogP contribution is -2.15. The Morgan fingerprint density at radius 3 is 2.60 bits per heavy atom. The standard InChI is InChI=1S/C14H14Si/c1-15-14-8-4-7-12-11-6-3-2-5-10(11)9-13(12)14/h2-8H,9,15H2,1H3. The molecular weight excluding hydrogens is 196 g/mol. The molecule has 74 valence electrons. The van der Waals surface area contributed by atoms with Crippen molar-refractivity contribution in [2.75, 3.05) is 0 Å². The molecule has 2 aromatic carbocycles. The second-order valence-corrected chi connectivity index (χ2v) is 5.60. The van der Waals surface area contributed by atoms with E-state index in [2.05, 4.69) is 49.0 Å². The van der Waals surface area contributed by atoms with Crippen LogP contribution in [-0.2, 0) is 6.42 Å². The SMILES string of the molecule is C[SiH2]c1cccc2c1Cc1ccccc1-2. The molecule has 0 spiro atoms. The fraction of sp³-hybridized carbons (Fsp3) is 0.143. The molecule has 0 unspecified atom stereocenters. The van der Waals surface area contributed by atoms with Crippen LogP contribution < -0.4 is 5.19 Å². The summed E-state index contributed by atoms with van der Waals surface area (Å²) in [7, 11) is -0.0451. The van der Waals surface area contributed by atoms with Gasteiger partial charge in [-0.3, -0.25) is 0 Å². The lowest BCUT2D eigenvalue weighted by atomic mass is 10.1.